The number of hydrogen-bond donors (Lipinski definition) is 1. The lowest BCUT2D eigenvalue weighted by molar-refractivity contribution is -0.118. The zero-order valence-corrected chi connectivity index (χ0v) is 20.8. The van der Waals surface area contributed by atoms with E-state index in [1.54, 1.807) is 29.2 Å². The summed E-state index contributed by atoms with van der Waals surface area (Å²) in [7, 11) is 1.60. The van der Waals surface area contributed by atoms with Gasteiger partial charge in [-0.15, -0.1) is 11.3 Å². The van der Waals surface area contributed by atoms with Crippen molar-refractivity contribution in [1.82, 2.24) is 15.0 Å². The van der Waals surface area contributed by atoms with E-state index in [2.05, 4.69) is 10.5 Å². The molecule has 4 aromatic rings. The highest BCUT2D eigenvalue weighted by Crippen LogP contribution is 2.35. The smallest absolute Gasteiger partial charge is 0.267 e. The number of hydrogen-bond acceptors (Lipinski definition) is 7. The number of aryl methyl sites for hydroxylation is 2. The maximum Gasteiger partial charge on any atom is 0.267 e. The van der Waals surface area contributed by atoms with Crippen LogP contribution in [0.4, 0.5) is 0 Å². The molecule has 1 aliphatic carbocycles. The third-order valence-corrected chi connectivity index (χ3v) is 7.93. The summed E-state index contributed by atoms with van der Waals surface area (Å²) in [6.45, 7) is 0. The van der Waals surface area contributed by atoms with Gasteiger partial charge in [-0.3, -0.25) is 14.2 Å². The highest BCUT2D eigenvalue weighted by molar-refractivity contribution is 7.99. The molecule has 0 atom stereocenters. The van der Waals surface area contributed by atoms with Gasteiger partial charge in [-0.1, -0.05) is 42.1 Å². The molecule has 0 aliphatic heterocycles. The number of nitrogens with zero attached hydrogens (tertiary/aromatic N) is 3. The number of thioether (sulfide) groups is 1. The molecule has 1 aliphatic rings. The molecule has 0 spiro atoms. The molecule has 0 bridgehead atoms. The molecule has 1 N–H and O–H groups in total. The summed E-state index contributed by atoms with van der Waals surface area (Å²) >= 11 is 2.84. The molecule has 0 saturated carbocycles. The van der Waals surface area contributed by atoms with Crippen LogP contribution in [0.5, 0.6) is 5.75 Å². The largest absolute Gasteiger partial charge is 0.497 e. The number of benzene rings is 2. The topological polar surface area (TPSA) is 85.6 Å². The number of ether oxygens (including phenoxy) is 1. The van der Waals surface area contributed by atoms with E-state index in [0.29, 0.717) is 10.9 Å². The van der Waals surface area contributed by atoms with Crippen LogP contribution in [-0.4, -0.2) is 34.5 Å². The highest BCUT2D eigenvalue weighted by Gasteiger charge is 2.23. The normalized spacial score (nSPS) is 13.2. The number of aromatic nitrogens is 2. The molecule has 0 saturated heterocycles. The van der Waals surface area contributed by atoms with Gasteiger partial charge in [0, 0.05) is 4.88 Å². The molecular weight excluding hydrogens is 480 g/mol. The molecule has 178 valence electrons. The first-order chi connectivity index (χ1) is 17.1. The predicted molar refractivity (Wildman–Crippen MR) is 141 cm³/mol. The fourth-order valence-electron chi connectivity index (χ4n) is 4.15. The van der Waals surface area contributed by atoms with E-state index in [1.165, 1.54) is 16.6 Å². The Morgan fingerprint density at radius 2 is 2.03 bits per heavy atom. The lowest BCUT2D eigenvalue weighted by atomic mass is 9.97. The van der Waals surface area contributed by atoms with Crippen LogP contribution >= 0.6 is 23.1 Å². The molecule has 35 heavy (non-hydrogen) atoms. The van der Waals surface area contributed by atoms with Crippen molar-refractivity contribution < 1.29 is 9.53 Å². The van der Waals surface area contributed by atoms with Gasteiger partial charge >= 0.3 is 0 Å². The Bertz CT molecular complexity index is 1460. The average Bonchev–Trinajstić information content (AvgIpc) is 3.27. The van der Waals surface area contributed by atoms with Crippen molar-refractivity contribution in [2.45, 2.75) is 30.8 Å². The summed E-state index contributed by atoms with van der Waals surface area (Å²) < 4.78 is 6.82. The second-order valence-electron chi connectivity index (χ2n) is 8.12. The van der Waals surface area contributed by atoms with Crippen LogP contribution in [0.2, 0.25) is 0 Å². The van der Waals surface area contributed by atoms with Crippen LogP contribution in [0.3, 0.4) is 0 Å². The maximum absolute atomic E-state index is 13.7. The minimum absolute atomic E-state index is 0.0699. The lowest BCUT2D eigenvalue weighted by Crippen LogP contribution is -2.24. The lowest BCUT2D eigenvalue weighted by Gasteiger charge is -2.13. The van der Waals surface area contributed by atoms with E-state index in [1.807, 2.05) is 54.6 Å². The minimum atomic E-state index is -0.284. The molecule has 1 amide bonds. The van der Waals surface area contributed by atoms with Crippen molar-refractivity contribution in [3.63, 3.8) is 0 Å². The summed E-state index contributed by atoms with van der Waals surface area (Å²) in [5.41, 5.74) is 5.18. The second-order valence-corrected chi connectivity index (χ2v) is 10.1. The number of thiophene rings is 1. The summed E-state index contributed by atoms with van der Waals surface area (Å²) in [4.78, 5) is 33.1. The molecule has 0 fully saturated rings. The van der Waals surface area contributed by atoms with Crippen LogP contribution in [0.25, 0.3) is 15.9 Å². The Morgan fingerprint density at radius 1 is 1.20 bits per heavy atom. The zero-order chi connectivity index (χ0) is 24.2. The van der Waals surface area contributed by atoms with Crippen LogP contribution in [0.15, 0.2) is 69.6 Å². The Labute approximate surface area is 210 Å². The molecular formula is C26H24N4O3S2. The van der Waals surface area contributed by atoms with Gasteiger partial charge in [0.2, 0.25) is 0 Å². The summed E-state index contributed by atoms with van der Waals surface area (Å²) in [6.07, 6.45) is 5.71. The van der Waals surface area contributed by atoms with Crippen LogP contribution in [0, 0.1) is 0 Å². The number of hydrazone groups is 1. The first-order valence-electron chi connectivity index (χ1n) is 11.4. The van der Waals surface area contributed by atoms with Gasteiger partial charge in [-0.05, 0) is 61.1 Å². The van der Waals surface area contributed by atoms with Gasteiger partial charge < -0.3 is 4.74 Å². The van der Waals surface area contributed by atoms with Gasteiger partial charge in [-0.2, -0.15) is 5.10 Å². The zero-order valence-electron chi connectivity index (χ0n) is 19.2. The second kappa shape index (κ2) is 10.5. The van der Waals surface area contributed by atoms with Crippen LogP contribution < -0.4 is 15.7 Å². The first-order valence-corrected chi connectivity index (χ1v) is 13.2. The van der Waals surface area contributed by atoms with Gasteiger partial charge in [0.1, 0.15) is 10.6 Å². The molecule has 0 radical (unpaired) electrons. The Kier molecular flexibility index (Phi) is 6.96. The van der Waals surface area contributed by atoms with Crippen molar-refractivity contribution in [2.24, 2.45) is 5.10 Å². The van der Waals surface area contributed by atoms with E-state index >= 15 is 0 Å². The first kappa shape index (κ1) is 23.3. The van der Waals surface area contributed by atoms with Crippen LogP contribution in [-0.2, 0) is 17.6 Å². The number of nitrogens with one attached hydrogen (secondary N) is 1. The number of para-hydroxylation sites is 1. The van der Waals surface area contributed by atoms with E-state index in [-0.39, 0.29) is 17.2 Å². The number of fused-ring (bicyclic) bond motifs is 3. The maximum atomic E-state index is 13.7. The fraction of sp³-hybridized carbons (Fsp3) is 0.231. The van der Waals surface area contributed by atoms with Crippen molar-refractivity contribution in [3.05, 3.63) is 81.0 Å². The van der Waals surface area contributed by atoms with Crippen molar-refractivity contribution in [1.29, 1.82) is 0 Å². The summed E-state index contributed by atoms with van der Waals surface area (Å²) in [5.74, 6) is 0.505. The number of carbonyl (C=O) groups is 1. The average molecular weight is 505 g/mol. The number of rotatable bonds is 7. The number of amides is 1. The van der Waals surface area contributed by atoms with Gasteiger partial charge in [0.05, 0.1) is 30.2 Å². The van der Waals surface area contributed by atoms with Crippen molar-refractivity contribution >= 4 is 45.4 Å². The molecule has 0 unspecified atom stereocenters. The molecule has 2 heterocycles. The van der Waals surface area contributed by atoms with E-state index in [0.717, 1.165) is 52.7 Å². The quantitative estimate of drug-likeness (QED) is 0.172. The Hall–Kier alpha value is -3.43. The van der Waals surface area contributed by atoms with Crippen molar-refractivity contribution in [3.8, 4) is 11.4 Å². The van der Waals surface area contributed by atoms with Gasteiger partial charge in [0.25, 0.3) is 11.5 Å². The monoisotopic (exact) mass is 504 g/mol. The van der Waals surface area contributed by atoms with Crippen molar-refractivity contribution in [2.75, 3.05) is 12.9 Å². The fourth-order valence-corrected chi connectivity index (χ4v) is 6.26. The Morgan fingerprint density at radius 3 is 2.86 bits per heavy atom. The van der Waals surface area contributed by atoms with Gasteiger partial charge in [-0.25, -0.2) is 10.4 Å². The molecule has 5 rings (SSSR count). The predicted octanol–water partition coefficient (Wildman–Crippen LogP) is 4.58. The van der Waals surface area contributed by atoms with E-state index < -0.39 is 0 Å². The number of methoxy groups -OCH3 is 1. The molecule has 9 heteroatoms. The number of carbonyl (C=O) groups excluding carboxylic acids is 1. The summed E-state index contributed by atoms with van der Waals surface area (Å²) in [5, 5.41) is 5.27. The SMILES string of the molecule is COc1cccc(/C=N\NC(=O)CSc2nc3sc4c(c3c(=O)n2-c2ccccc2)CCCC4)c1. The minimum Gasteiger partial charge on any atom is -0.497 e. The third kappa shape index (κ3) is 5.01. The molecule has 7 nitrogen and oxygen atoms in total. The Balaban J connectivity index is 1.39. The molecule has 2 aromatic heterocycles. The molecule has 2 aromatic carbocycles. The standard InChI is InChI=1S/C26H24N4O3S2/c1-33-19-11-7-8-17(14-19)15-27-29-22(31)16-34-26-28-24-23(20-12-5-6-13-21(20)35-24)25(32)30(26)18-9-3-2-4-10-18/h2-4,7-11,14-15H,5-6,12-13,16H2,1H3,(H,29,31)/b27-15-. The van der Waals surface area contributed by atoms with Crippen LogP contribution in [0.1, 0.15) is 28.8 Å². The highest BCUT2D eigenvalue weighted by atomic mass is 32.2. The van der Waals surface area contributed by atoms with Gasteiger partial charge in [0.15, 0.2) is 5.16 Å². The third-order valence-electron chi connectivity index (χ3n) is 5.80. The van der Waals surface area contributed by atoms with E-state index in [4.69, 9.17) is 9.72 Å². The summed E-state index contributed by atoms with van der Waals surface area (Å²) in [6, 6.07) is 16.8. The van der Waals surface area contributed by atoms with E-state index in [9.17, 15) is 9.59 Å².